The molecule has 0 unspecified atom stereocenters. The van der Waals surface area contributed by atoms with Gasteiger partial charge in [-0.05, 0) is 46.6 Å². The molecule has 1 aromatic rings. The molecule has 2 heterocycles. The zero-order valence-corrected chi connectivity index (χ0v) is 13.1. The van der Waals surface area contributed by atoms with Crippen LogP contribution in [0.5, 0.6) is 0 Å². The minimum Gasteiger partial charge on any atom is -0.378 e. The lowest BCUT2D eigenvalue weighted by Gasteiger charge is -2.28. The van der Waals surface area contributed by atoms with Crippen molar-refractivity contribution < 1.29 is 4.74 Å². The molecule has 1 aromatic heterocycles. The summed E-state index contributed by atoms with van der Waals surface area (Å²) in [5.41, 5.74) is 3.84. The second-order valence-electron chi connectivity index (χ2n) is 3.72. The second kappa shape index (κ2) is 6.55. The Hall–Kier alpha value is -0.570. The summed E-state index contributed by atoms with van der Waals surface area (Å²) in [5.74, 6) is 0. The quantitative estimate of drug-likeness (QED) is 0.501. The minimum atomic E-state index is 0.631. The van der Waals surface area contributed by atoms with Crippen molar-refractivity contribution in [1.82, 2.24) is 14.7 Å². The Morgan fingerprint density at radius 2 is 2.33 bits per heavy atom. The number of nitrogens with one attached hydrogen (secondary N) is 1. The van der Waals surface area contributed by atoms with Gasteiger partial charge >= 0.3 is 0 Å². The number of aromatic nitrogens is 1. The molecular weight excluding hydrogens is 336 g/mol. The lowest BCUT2D eigenvalue weighted by Crippen LogP contribution is -2.44. The first-order valence-electron chi connectivity index (χ1n) is 5.46. The molecule has 0 radical (unpaired) electrons. The first-order valence-corrected chi connectivity index (χ1v) is 7.43. The Morgan fingerprint density at radius 3 is 2.94 bits per heavy atom. The predicted octanol–water partition coefficient (Wildman–Crippen LogP) is 1.75. The Balaban J connectivity index is 1.87. The number of rotatable bonds is 2. The lowest BCUT2D eigenvalue weighted by atomic mass is 10.4. The maximum Gasteiger partial charge on any atom is 0.189 e. The van der Waals surface area contributed by atoms with Crippen LogP contribution in [0.4, 0.5) is 0 Å². The molecule has 0 bridgehead atoms. The number of halogens is 1. The molecule has 1 aliphatic heterocycles. The highest BCUT2D eigenvalue weighted by Crippen LogP contribution is 2.22. The van der Waals surface area contributed by atoms with Gasteiger partial charge in [-0.1, -0.05) is 0 Å². The van der Waals surface area contributed by atoms with Crippen LogP contribution >= 0.6 is 39.7 Å². The number of morpholine rings is 1. The van der Waals surface area contributed by atoms with E-state index in [-0.39, 0.29) is 0 Å². The van der Waals surface area contributed by atoms with Crippen molar-refractivity contribution in [1.29, 1.82) is 0 Å². The molecule has 0 spiro atoms. The molecule has 0 atom stereocenters. The van der Waals surface area contributed by atoms with Crippen LogP contribution in [0.2, 0.25) is 0 Å². The maximum atomic E-state index is 5.26. The van der Waals surface area contributed by atoms with Gasteiger partial charge in [0.2, 0.25) is 0 Å². The fourth-order valence-electron chi connectivity index (χ4n) is 1.44. The summed E-state index contributed by atoms with van der Waals surface area (Å²) >= 11 is 10.1. The molecule has 1 fully saturated rings. The monoisotopic (exact) mass is 348 g/mol. The molecule has 0 aliphatic carbocycles. The third kappa shape index (κ3) is 3.47. The molecule has 1 saturated heterocycles. The van der Waals surface area contributed by atoms with E-state index in [0.717, 1.165) is 28.1 Å². The summed E-state index contributed by atoms with van der Waals surface area (Å²) in [4.78, 5) is 3.02. The Morgan fingerprint density at radius 1 is 1.61 bits per heavy atom. The summed E-state index contributed by atoms with van der Waals surface area (Å²) in [5, 5.41) is 4.76. The van der Waals surface area contributed by atoms with Crippen molar-refractivity contribution >= 4 is 51.0 Å². The molecule has 18 heavy (non-hydrogen) atoms. The number of hydrogen-bond donors (Lipinski definition) is 1. The molecule has 1 aliphatic rings. The summed E-state index contributed by atoms with van der Waals surface area (Å²) in [6.07, 6.45) is 1.72. The van der Waals surface area contributed by atoms with Gasteiger partial charge in [0.1, 0.15) is 0 Å². The van der Waals surface area contributed by atoms with Crippen molar-refractivity contribution in [3.63, 3.8) is 0 Å². The molecule has 8 heteroatoms. The van der Waals surface area contributed by atoms with Gasteiger partial charge in [0, 0.05) is 13.1 Å². The standard InChI is InChI=1S/C10H13BrN4OS2/c1-7-9(11)8(18-14-7)6-12-13-10(17)15-2-4-16-5-3-15/h6H,2-5H2,1H3,(H,13,17)/b12-6+. The van der Waals surface area contributed by atoms with Gasteiger partial charge in [-0.2, -0.15) is 9.47 Å². The van der Waals surface area contributed by atoms with Crippen molar-refractivity contribution in [2.75, 3.05) is 26.3 Å². The highest BCUT2D eigenvalue weighted by molar-refractivity contribution is 9.10. The van der Waals surface area contributed by atoms with Crippen LogP contribution in [0.3, 0.4) is 0 Å². The van der Waals surface area contributed by atoms with E-state index in [1.54, 1.807) is 6.21 Å². The zero-order chi connectivity index (χ0) is 13.0. The van der Waals surface area contributed by atoms with Crippen LogP contribution < -0.4 is 5.43 Å². The van der Waals surface area contributed by atoms with E-state index in [9.17, 15) is 0 Å². The number of nitrogens with zero attached hydrogens (tertiary/aromatic N) is 3. The molecule has 98 valence electrons. The van der Waals surface area contributed by atoms with Gasteiger partial charge in [-0.3, -0.25) is 5.43 Å². The van der Waals surface area contributed by atoms with Crippen molar-refractivity contribution in [2.45, 2.75) is 6.92 Å². The Kier molecular flexibility index (Phi) is 5.04. The molecule has 0 amide bonds. The summed E-state index contributed by atoms with van der Waals surface area (Å²) in [6.45, 7) is 5.00. The Labute approximate surface area is 123 Å². The number of aryl methyl sites for hydroxylation is 1. The Bertz CT molecular complexity index is 457. The van der Waals surface area contributed by atoms with Crippen molar-refractivity contribution in [3.05, 3.63) is 15.0 Å². The fraction of sp³-hybridized carbons (Fsp3) is 0.500. The van der Waals surface area contributed by atoms with Crippen LogP contribution in [0.25, 0.3) is 0 Å². The van der Waals surface area contributed by atoms with Crippen molar-refractivity contribution in [2.24, 2.45) is 5.10 Å². The zero-order valence-electron chi connectivity index (χ0n) is 9.85. The molecule has 2 rings (SSSR count). The largest absolute Gasteiger partial charge is 0.378 e. The first-order chi connectivity index (χ1) is 8.68. The third-order valence-corrected chi connectivity index (χ3v) is 4.94. The molecule has 1 N–H and O–H groups in total. The predicted molar refractivity (Wildman–Crippen MR) is 80.3 cm³/mol. The van der Waals surface area contributed by atoms with Crippen LogP contribution in [0.1, 0.15) is 10.6 Å². The molecule has 0 aromatic carbocycles. The highest BCUT2D eigenvalue weighted by atomic mass is 79.9. The average Bonchev–Trinajstić information content (AvgIpc) is 2.71. The van der Waals surface area contributed by atoms with Gasteiger partial charge in [0.25, 0.3) is 0 Å². The van der Waals surface area contributed by atoms with Gasteiger partial charge in [0.15, 0.2) is 5.11 Å². The van der Waals surface area contributed by atoms with E-state index in [1.165, 1.54) is 11.5 Å². The summed E-state index contributed by atoms with van der Waals surface area (Å²) < 4.78 is 10.5. The van der Waals surface area contributed by atoms with E-state index in [2.05, 4.69) is 30.8 Å². The third-order valence-electron chi connectivity index (χ3n) is 2.46. The van der Waals surface area contributed by atoms with Crippen LogP contribution in [-0.2, 0) is 4.74 Å². The number of ether oxygens (including phenoxy) is 1. The van der Waals surface area contributed by atoms with E-state index in [1.807, 2.05) is 11.8 Å². The highest BCUT2D eigenvalue weighted by Gasteiger charge is 2.12. The molecule has 0 saturated carbocycles. The van der Waals surface area contributed by atoms with Crippen LogP contribution in [0, 0.1) is 6.92 Å². The average molecular weight is 349 g/mol. The summed E-state index contributed by atoms with van der Waals surface area (Å²) in [7, 11) is 0. The van der Waals surface area contributed by atoms with Gasteiger partial charge in [-0.15, -0.1) is 0 Å². The maximum absolute atomic E-state index is 5.26. The lowest BCUT2D eigenvalue weighted by molar-refractivity contribution is 0.0677. The minimum absolute atomic E-state index is 0.631. The van der Waals surface area contributed by atoms with E-state index < -0.39 is 0 Å². The molecular formula is C10H13BrN4OS2. The van der Waals surface area contributed by atoms with Gasteiger partial charge < -0.3 is 9.64 Å². The first kappa shape index (κ1) is 13.9. The second-order valence-corrected chi connectivity index (χ2v) is 5.71. The van der Waals surface area contributed by atoms with Gasteiger partial charge in [0.05, 0.1) is 34.5 Å². The number of hydrogen-bond acceptors (Lipinski definition) is 5. The van der Waals surface area contributed by atoms with E-state index in [0.29, 0.717) is 18.3 Å². The normalized spacial score (nSPS) is 16.2. The summed E-state index contributed by atoms with van der Waals surface area (Å²) in [6, 6.07) is 0. The van der Waals surface area contributed by atoms with E-state index in [4.69, 9.17) is 17.0 Å². The van der Waals surface area contributed by atoms with Crippen molar-refractivity contribution in [3.8, 4) is 0 Å². The molecule has 5 nitrogen and oxygen atoms in total. The fourth-order valence-corrected chi connectivity index (χ4v) is 2.85. The SMILES string of the molecule is Cc1nsc(/C=N/NC(=S)N2CCOCC2)c1Br. The van der Waals surface area contributed by atoms with E-state index >= 15 is 0 Å². The number of hydrazone groups is 1. The van der Waals surface area contributed by atoms with Crippen LogP contribution in [-0.4, -0.2) is 46.9 Å². The van der Waals surface area contributed by atoms with Gasteiger partial charge in [-0.25, -0.2) is 0 Å². The van der Waals surface area contributed by atoms with Crippen LogP contribution in [0.15, 0.2) is 9.57 Å². The topological polar surface area (TPSA) is 49.8 Å². The smallest absolute Gasteiger partial charge is 0.189 e. The number of thiocarbonyl (C=S) groups is 1.